The van der Waals surface area contributed by atoms with Crippen LogP contribution in [0.3, 0.4) is 0 Å². The summed E-state index contributed by atoms with van der Waals surface area (Å²) in [5.41, 5.74) is 1.94. The number of nitrogens with zero attached hydrogens (tertiary/aromatic N) is 4. The van der Waals surface area contributed by atoms with Crippen LogP contribution in [-0.4, -0.2) is 38.3 Å². The van der Waals surface area contributed by atoms with Crippen molar-refractivity contribution in [2.24, 2.45) is 0 Å². The molecule has 3 aromatic rings. The second kappa shape index (κ2) is 8.50. The van der Waals surface area contributed by atoms with Gasteiger partial charge in [-0.25, -0.2) is 4.68 Å². The Bertz CT molecular complexity index is 926. The van der Waals surface area contributed by atoms with Crippen molar-refractivity contribution in [3.8, 4) is 5.69 Å². The van der Waals surface area contributed by atoms with Gasteiger partial charge < -0.3 is 4.90 Å². The molecule has 0 radical (unpaired) electrons. The molecule has 0 aliphatic heterocycles. The molecule has 1 aromatic heterocycles. The molecule has 0 bridgehead atoms. The molecule has 0 fully saturated rings. The lowest BCUT2D eigenvalue weighted by molar-refractivity contribution is -0.384. The van der Waals surface area contributed by atoms with Gasteiger partial charge in [0.25, 0.3) is 5.69 Å². The topological polar surface area (TPSA) is 81.3 Å². The van der Waals surface area contributed by atoms with Crippen LogP contribution >= 0.6 is 11.8 Å². The van der Waals surface area contributed by atoms with Gasteiger partial charge in [-0.3, -0.25) is 14.9 Å². The average Bonchev–Trinajstić information content (AvgIpc) is 3.15. The maximum Gasteiger partial charge on any atom is 0.269 e. The number of carbonyl (C=O) groups is 1. The Kier molecular flexibility index (Phi) is 5.87. The minimum absolute atomic E-state index is 0.0224. The van der Waals surface area contributed by atoms with Crippen LogP contribution in [0.4, 0.5) is 5.69 Å². The van der Waals surface area contributed by atoms with Gasteiger partial charge in [-0.2, -0.15) is 5.10 Å². The predicted octanol–water partition coefficient (Wildman–Crippen LogP) is 3.53. The Hall–Kier alpha value is -3.13. The number of hydrogen-bond donors (Lipinski definition) is 0. The first-order valence-corrected chi connectivity index (χ1v) is 9.21. The quantitative estimate of drug-likeness (QED) is 0.355. The van der Waals surface area contributed by atoms with Gasteiger partial charge in [-0.15, -0.1) is 11.8 Å². The average molecular weight is 382 g/mol. The third-order valence-corrected chi connectivity index (χ3v) is 4.91. The van der Waals surface area contributed by atoms with Gasteiger partial charge in [0.2, 0.25) is 5.91 Å². The molecule has 3 rings (SSSR count). The van der Waals surface area contributed by atoms with E-state index in [-0.39, 0.29) is 17.3 Å². The summed E-state index contributed by atoms with van der Waals surface area (Å²) < 4.78 is 1.78. The molecule has 0 saturated carbocycles. The molecule has 138 valence electrons. The number of thioether (sulfide) groups is 1. The summed E-state index contributed by atoms with van der Waals surface area (Å²) in [6, 6.07) is 16.0. The zero-order chi connectivity index (χ0) is 19.2. The number of rotatable bonds is 7. The van der Waals surface area contributed by atoms with Gasteiger partial charge in [0.15, 0.2) is 0 Å². The Balaban J connectivity index is 1.53. The van der Waals surface area contributed by atoms with E-state index in [1.807, 2.05) is 36.5 Å². The maximum absolute atomic E-state index is 12.3. The van der Waals surface area contributed by atoms with Gasteiger partial charge in [0.1, 0.15) is 0 Å². The Labute approximate surface area is 160 Å². The fourth-order valence-corrected chi connectivity index (χ4v) is 3.28. The number of carbonyl (C=O) groups excluding carboxylic acids is 1. The standard InChI is InChI=1S/C19H18N4O3S/c1-21(12-15-11-20-22(13-15)16-5-3-2-4-6-16)19(24)14-27-18-9-7-17(8-10-18)23(25)26/h2-11,13H,12,14H2,1H3. The van der Waals surface area contributed by atoms with E-state index in [1.165, 1.54) is 23.9 Å². The van der Waals surface area contributed by atoms with Crippen LogP contribution in [-0.2, 0) is 11.3 Å². The highest BCUT2D eigenvalue weighted by atomic mass is 32.2. The van der Waals surface area contributed by atoms with E-state index >= 15 is 0 Å². The van der Waals surface area contributed by atoms with Crippen LogP contribution in [0.5, 0.6) is 0 Å². The normalized spacial score (nSPS) is 10.6. The van der Waals surface area contributed by atoms with Crippen molar-refractivity contribution in [3.05, 3.63) is 82.7 Å². The van der Waals surface area contributed by atoms with Crippen LogP contribution in [0.15, 0.2) is 71.9 Å². The van der Waals surface area contributed by atoms with E-state index in [0.717, 1.165) is 16.1 Å². The van der Waals surface area contributed by atoms with E-state index in [4.69, 9.17) is 0 Å². The van der Waals surface area contributed by atoms with Crippen molar-refractivity contribution in [3.63, 3.8) is 0 Å². The number of aromatic nitrogens is 2. The lowest BCUT2D eigenvalue weighted by Gasteiger charge is -2.15. The number of non-ortho nitro benzene ring substituents is 1. The zero-order valence-corrected chi connectivity index (χ0v) is 15.5. The maximum atomic E-state index is 12.3. The monoisotopic (exact) mass is 382 g/mol. The van der Waals surface area contributed by atoms with Crippen molar-refractivity contribution in [2.75, 3.05) is 12.8 Å². The lowest BCUT2D eigenvalue weighted by atomic mass is 10.3. The van der Waals surface area contributed by atoms with E-state index in [2.05, 4.69) is 5.10 Å². The molecular weight excluding hydrogens is 364 g/mol. The zero-order valence-electron chi connectivity index (χ0n) is 14.7. The third-order valence-electron chi connectivity index (χ3n) is 3.91. The van der Waals surface area contributed by atoms with Crippen molar-refractivity contribution in [2.45, 2.75) is 11.4 Å². The number of para-hydroxylation sites is 1. The van der Waals surface area contributed by atoms with Gasteiger partial charge in [-0.1, -0.05) is 18.2 Å². The number of nitro benzene ring substituents is 1. The third kappa shape index (κ3) is 4.95. The summed E-state index contributed by atoms with van der Waals surface area (Å²) in [4.78, 5) is 25.0. The summed E-state index contributed by atoms with van der Waals surface area (Å²) in [7, 11) is 1.75. The van der Waals surface area contributed by atoms with E-state index < -0.39 is 4.92 Å². The number of hydrogen-bond acceptors (Lipinski definition) is 5. The molecular formula is C19H18N4O3S. The van der Waals surface area contributed by atoms with Gasteiger partial charge in [0, 0.05) is 42.4 Å². The fraction of sp³-hybridized carbons (Fsp3) is 0.158. The van der Waals surface area contributed by atoms with Gasteiger partial charge in [-0.05, 0) is 24.3 Å². The first-order chi connectivity index (χ1) is 13.0. The molecule has 1 amide bonds. The number of nitro groups is 1. The number of amides is 1. The Morgan fingerprint density at radius 1 is 1.19 bits per heavy atom. The minimum atomic E-state index is -0.441. The van der Waals surface area contributed by atoms with E-state index in [1.54, 1.807) is 35.0 Å². The molecule has 27 heavy (non-hydrogen) atoms. The van der Waals surface area contributed by atoms with Gasteiger partial charge in [0.05, 0.1) is 22.6 Å². The molecule has 0 aliphatic rings. The summed E-state index contributed by atoms with van der Waals surface area (Å²) in [6.45, 7) is 0.465. The van der Waals surface area contributed by atoms with Crippen LogP contribution in [0, 0.1) is 10.1 Å². The molecule has 0 saturated heterocycles. The molecule has 2 aromatic carbocycles. The first kappa shape index (κ1) is 18.7. The van der Waals surface area contributed by atoms with E-state index in [9.17, 15) is 14.9 Å². The molecule has 7 nitrogen and oxygen atoms in total. The first-order valence-electron chi connectivity index (χ1n) is 8.23. The van der Waals surface area contributed by atoms with Crippen molar-refractivity contribution in [1.82, 2.24) is 14.7 Å². The number of benzene rings is 2. The largest absolute Gasteiger partial charge is 0.341 e. The highest BCUT2D eigenvalue weighted by Gasteiger charge is 2.12. The van der Waals surface area contributed by atoms with Gasteiger partial charge >= 0.3 is 0 Å². The predicted molar refractivity (Wildman–Crippen MR) is 104 cm³/mol. The molecule has 0 spiro atoms. The summed E-state index contributed by atoms with van der Waals surface area (Å²) in [6.07, 6.45) is 3.66. The van der Waals surface area contributed by atoms with E-state index in [0.29, 0.717) is 6.54 Å². The summed E-state index contributed by atoms with van der Waals surface area (Å²) in [5.74, 6) is 0.243. The van der Waals surface area contributed by atoms with Crippen LogP contribution in [0.1, 0.15) is 5.56 Å². The highest BCUT2D eigenvalue weighted by molar-refractivity contribution is 8.00. The van der Waals surface area contributed by atoms with Crippen LogP contribution < -0.4 is 0 Å². The minimum Gasteiger partial charge on any atom is -0.341 e. The smallest absolute Gasteiger partial charge is 0.269 e. The van der Waals surface area contributed by atoms with Crippen molar-refractivity contribution < 1.29 is 9.72 Å². The van der Waals surface area contributed by atoms with Crippen molar-refractivity contribution in [1.29, 1.82) is 0 Å². The lowest BCUT2D eigenvalue weighted by Crippen LogP contribution is -2.27. The second-order valence-corrected chi connectivity index (χ2v) is 6.97. The Morgan fingerprint density at radius 3 is 2.56 bits per heavy atom. The molecule has 0 unspecified atom stereocenters. The highest BCUT2D eigenvalue weighted by Crippen LogP contribution is 2.21. The Morgan fingerprint density at radius 2 is 1.89 bits per heavy atom. The molecule has 0 aliphatic carbocycles. The molecule has 0 N–H and O–H groups in total. The second-order valence-electron chi connectivity index (χ2n) is 5.92. The molecule has 8 heteroatoms. The SMILES string of the molecule is CN(Cc1cnn(-c2ccccc2)c1)C(=O)CSc1ccc([N+](=O)[O-])cc1. The van der Waals surface area contributed by atoms with Crippen LogP contribution in [0.25, 0.3) is 5.69 Å². The fourth-order valence-electron chi connectivity index (χ4n) is 2.45. The summed E-state index contributed by atoms with van der Waals surface area (Å²) >= 11 is 1.36. The van der Waals surface area contributed by atoms with Crippen LogP contribution in [0.2, 0.25) is 0 Å². The van der Waals surface area contributed by atoms with Crippen molar-refractivity contribution >= 4 is 23.4 Å². The summed E-state index contributed by atoms with van der Waals surface area (Å²) in [5, 5.41) is 15.0. The molecule has 1 heterocycles. The molecule has 0 atom stereocenters.